The number of likely N-dealkylation sites (N-methyl/N-ethyl adjacent to an activating group) is 1. The molecule has 0 spiro atoms. The molecule has 1 fully saturated rings. The number of rotatable bonds is 7. The Kier molecular flexibility index (Phi) is 5.58. The zero-order chi connectivity index (χ0) is 12.0. The van der Waals surface area contributed by atoms with E-state index in [2.05, 4.69) is 5.32 Å². The molecule has 0 bridgehead atoms. The topological polar surface area (TPSA) is 64.3 Å². The van der Waals surface area contributed by atoms with Crippen LogP contribution in [0.3, 0.4) is 0 Å². The van der Waals surface area contributed by atoms with Crippen LogP contribution in [-0.4, -0.2) is 42.7 Å². The minimum Gasteiger partial charge on any atom is -0.384 e. The summed E-state index contributed by atoms with van der Waals surface area (Å²) < 4.78 is 5.02. The summed E-state index contributed by atoms with van der Waals surface area (Å²) in [5, 5.41) is 3.79. The number of nitrogens with one attached hydrogen (secondary N) is 1. The molecule has 1 saturated carbocycles. The van der Waals surface area contributed by atoms with Crippen LogP contribution in [-0.2, 0) is 9.53 Å². The molecular weight excluding hydrogens is 224 g/mol. The Morgan fingerprint density at radius 1 is 1.69 bits per heavy atom. The van der Waals surface area contributed by atoms with Gasteiger partial charge in [0, 0.05) is 18.1 Å². The van der Waals surface area contributed by atoms with Crippen molar-refractivity contribution in [3.63, 3.8) is 0 Å². The van der Waals surface area contributed by atoms with Crippen LogP contribution < -0.4 is 11.1 Å². The smallest absolute Gasteiger partial charge is 0.237 e. The highest BCUT2D eigenvalue weighted by Crippen LogP contribution is 2.36. The van der Waals surface area contributed by atoms with Crippen molar-refractivity contribution in [2.24, 2.45) is 5.73 Å². The molecule has 1 rings (SSSR count). The Bertz CT molecular complexity index is 238. The van der Waals surface area contributed by atoms with Crippen LogP contribution in [0.25, 0.3) is 0 Å². The summed E-state index contributed by atoms with van der Waals surface area (Å²) in [4.78, 5) is 11.5. The summed E-state index contributed by atoms with van der Waals surface area (Å²) in [7, 11) is 1.71. The van der Waals surface area contributed by atoms with E-state index in [1.165, 1.54) is 0 Å². The zero-order valence-electron chi connectivity index (χ0n) is 10.1. The fraction of sp³-hybridized carbons (Fsp3) is 0.909. The van der Waals surface area contributed by atoms with E-state index < -0.39 is 5.54 Å². The van der Waals surface area contributed by atoms with Crippen molar-refractivity contribution in [1.29, 1.82) is 0 Å². The maximum atomic E-state index is 11.5. The van der Waals surface area contributed by atoms with Crippen molar-refractivity contribution >= 4 is 17.7 Å². The first kappa shape index (κ1) is 13.8. The van der Waals surface area contributed by atoms with Crippen molar-refractivity contribution in [2.75, 3.05) is 26.0 Å². The number of ether oxygens (including phenoxy) is 1. The van der Waals surface area contributed by atoms with E-state index >= 15 is 0 Å². The van der Waals surface area contributed by atoms with Gasteiger partial charge in [0.25, 0.3) is 0 Å². The minimum atomic E-state index is -0.459. The van der Waals surface area contributed by atoms with E-state index in [4.69, 9.17) is 10.5 Å². The lowest BCUT2D eigenvalue weighted by Crippen LogP contribution is -2.53. The minimum absolute atomic E-state index is 0.204. The summed E-state index contributed by atoms with van der Waals surface area (Å²) in [6, 6.07) is 0. The first-order chi connectivity index (χ1) is 7.64. The average molecular weight is 246 g/mol. The molecule has 1 amide bonds. The van der Waals surface area contributed by atoms with Gasteiger partial charge in [0.2, 0.25) is 5.91 Å². The molecule has 1 aliphatic rings. The molecule has 16 heavy (non-hydrogen) atoms. The first-order valence-corrected chi connectivity index (χ1v) is 6.85. The summed E-state index contributed by atoms with van der Waals surface area (Å²) in [6.45, 7) is 3.57. The van der Waals surface area contributed by atoms with Gasteiger partial charge in [-0.15, -0.1) is 0 Å². The number of carbonyl (C=O) groups excluding carboxylic acids is 1. The van der Waals surface area contributed by atoms with E-state index in [0.717, 1.165) is 38.2 Å². The Morgan fingerprint density at radius 3 is 3.00 bits per heavy atom. The summed E-state index contributed by atoms with van der Waals surface area (Å²) >= 11 is 1.88. The number of carbonyl (C=O) groups is 1. The predicted octanol–water partition coefficient (Wildman–Crippen LogP) is 0.752. The molecule has 0 saturated heterocycles. The lowest BCUT2D eigenvalue weighted by Gasteiger charge is -2.26. The lowest BCUT2D eigenvalue weighted by molar-refractivity contribution is -0.124. The molecular formula is C11H22N2O2S. The molecule has 0 aromatic heterocycles. The molecule has 0 aromatic carbocycles. The van der Waals surface area contributed by atoms with E-state index in [1.807, 2.05) is 18.7 Å². The molecule has 2 unspecified atom stereocenters. The third-order valence-corrected chi connectivity index (χ3v) is 4.37. The van der Waals surface area contributed by atoms with Gasteiger partial charge in [-0.1, -0.05) is 6.92 Å². The highest BCUT2D eigenvalue weighted by molar-refractivity contribution is 7.99. The second-order valence-corrected chi connectivity index (χ2v) is 5.61. The third-order valence-electron chi connectivity index (χ3n) is 3.10. The van der Waals surface area contributed by atoms with E-state index in [0.29, 0.717) is 5.25 Å². The number of primary amides is 1. The predicted molar refractivity (Wildman–Crippen MR) is 67.6 cm³/mol. The Morgan fingerprint density at radius 2 is 2.44 bits per heavy atom. The van der Waals surface area contributed by atoms with Crippen LogP contribution in [0.5, 0.6) is 0 Å². The van der Waals surface area contributed by atoms with Gasteiger partial charge in [-0.05, 0) is 25.8 Å². The van der Waals surface area contributed by atoms with Gasteiger partial charge in [-0.3, -0.25) is 4.79 Å². The second-order valence-electron chi connectivity index (χ2n) is 4.21. The molecule has 0 heterocycles. The van der Waals surface area contributed by atoms with Gasteiger partial charge in [0.15, 0.2) is 0 Å². The molecule has 5 heteroatoms. The van der Waals surface area contributed by atoms with Crippen molar-refractivity contribution in [2.45, 2.75) is 37.0 Å². The van der Waals surface area contributed by atoms with Gasteiger partial charge >= 0.3 is 0 Å². The molecule has 4 nitrogen and oxygen atoms in total. The van der Waals surface area contributed by atoms with Gasteiger partial charge in [0.05, 0.1) is 12.1 Å². The van der Waals surface area contributed by atoms with Gasteiger partial charge < -0.3 is 15.8 Å². The molecule has 1 aliphatic carbocycles. The zero-order valence-corrected chi connectivity index (χ0v) is 10.9. The maximum absolute atomic E-state index is 11.5. The molecule has 0 aromatic rings. The molecule has 0 aliphatic heterocycles. The average Bonchev–Trinajstić information content (AvgIpc) is 2.64. The standard InChI is InChI=1S/C11H22N2O2S/c1-3-13-11(10(12)14)5-4-9(8-11)16-7-6-15-2/h9,13H,3-8H2,1-2H3,(H2,12,14). The van der Waals surface area contributed by atoms with Crippen LogP contribution in [0.2, 0.25) is 0 Å². The maximum Gasteiger partial charge on any atom is 0.237 e. The quantitative estimate of drug-likeness (QED) is 0.651. The van der Waals surface area contributed by atoms with Crippen LogP contribution in [0, 0.1) is 0 Å². The van der Waals surface area contributed by atoms with Gasteiger partial charge in [-0.25, -0.2) is 0 Å². The van der Waals surface area contributed by atoms with Crippen LogP contribution >= 0.6 is 11.8 Å². The van der Waals surface area contributed by atoms with Crippen molar-refractivity contribution in [1.82, 2.24) is 5.32 Å². The number of methoxy groups -OCH3 is 1. The molecule has 3 N–H and O–H groups in total. The summed E-state index contributed by atoms with van der Waals surface area (Å²) in [6.07, 6.45) is 2.77. The summed E-state index contributed by atoms with van der Waals surface area (Å²) in [5.41, 5.74) is 5.04. The van der Waals surface area contributed by atoms with E-state index in [9.17, 15) is 4.79 Å². The lowest BCUT2D eigenvalue weighted by atomic mass is 9.97. The summed E-state index contributed by atoms with van der Waals surface area (Å²) in [5.74, 6) is 0.784. The molecule has 2 atom stereocenters. The van der Waals surface area contributed by atoms with Gasteiger partial charge in [-0.2, -0.15) is 11.8 Å². The second kappa shape index (κ2) is 6.47. The molecule has 94 valence electrons. The van der Waals surface area contributed by atoms with E-state index in [1.54, 1.807) is 7.11 Å². The normalized spacial score (nSPS) is 29.5. The van der Waals surface area contributed by atoms with Gasteiger partial charge in [0.1, 0.15) is 0 Å². The van der Waals surface area contributed by atoms with E-state index in [-0.39, 0.29) is 5.91 Å². The fourth-order valence-corrected chi connectivity index (χ4v) is 3.53. The highest BCUT2D eigenvalue weighted by Gasteiger charge is 2.43. The van der Waals surface area contributed by atoms with Crippen LogP contribution in [0.1, 0.15) is 26.2 Å². The van der Waals surface area contributed by atoms with Crippen molar-refractivity contribution in [3.05, 3.63) is 0 Å². The fourth-order valence-electron chi connectivity index (χ4n) is 2.25. The van der Waals surface area contributed by atoms with Crippen molar-refractivity contribution in [3.8, 4) is 0 Å². The molecule has 0 radical (unpaired) electrons. The number of thioether (sulfide) groups is 1. The Hall–Kier alpha value is -0.260. The first-order valence-electron chi connectivity index (χ1n) is 5.80. The number of amides is 1. The number of hydrogen-bond donors (Lipinski definition) is 2. The monoisotopic (exact) mass is 246 g/mol. The Balaban J connectivity index is 2.43. The van der Waals surface area contributed by atoms with Crippen LogP contribution in [0.15, 0.2) is 0 Å². The Labute approximate surface area is 102 Å². The SMILES string of the molecule is CCNC1(C(N)=O)CCC(SCCOC)C1. The highest BCUT2D eigenvalue weighted by atomic mass is 32.2. The number of hydrogen-bond acceptors (Lipinski definition) is 4. The van der Waals surface area contributed by atoms with Crippen LogP contribution in [0.4, 0.5) is 0 Å². The largest absolute Gasteiger partial charge is 0.384 e. The third kappa shape index (κ3) is 3.37. The van der Waals surface area contributed by atoms with Crippen molar-refractivity contribution < 1.29 is 9.53 Å². The number of nitrogens with two attached hydrogens (primary N) is 1.